The van der Waals surface area contributed by atoms with Gasteiger partial charge in [-0.25, -0.2) is 0 Å². The number of hydrogen-bond donors (Lipinski definition) is 6. The minimum atomic E-state index is -1.58. The van der Waals surface area contributed by atoms with Crippen LogP contribution in [0.3, 0.4) is 0 Å². The zero-order chi connectivity index (χ0) is 54.3. The lowest BCUT2D eigenvalue weighted by Gasteiger charge is -2.40. The Kier molecular flexibility index (Phi) is 52.2. The molecule has 75 heavy (non-hydrogen) atoms. The average Bonchev–Trinajstić information content (AvgIpc) is 3.41. The smallest absolute Gasteiger partial charge is 0.220 e. The number of nitrogens with one attached hydrogen (secondary N) is 1. The first-order valence-corrected chi connectivity index (χ1v) is 32.0. The van der Waals surface area contributed by atoms with Crippen molar-refractivity contribution in [2.45, 2.75) is 339 Å². The van der Waals surface area contributed by atoms with Crippen molar-refractivity contribution in [2.24, 2.45) is 0 Å². The molecule has 1 aliphatic rings. The molecule has 438 valence electrons. The lowest BCUT2D eigenvalue weighted by Crippen LogP contribution is -2.60. The number of carbonyl (C=O) groups is 1. The van der Waals surface area contributed by atoms with Crippen molar-refractivity contribution in [3.63, 3.8) is 0 Å². The van der Waals surface area contributed by atoms with Gasteiger partial charge in [0.05, 0.1) is 25.4 Å². The van der Waals surface area contributed by atoms with Crippen molar-refractivity contribution < 1.29 is 39.8 Å². The van der Waals surface area contributed by atoms with Gasteiger partial charge in [0.2, 0.25) is 5.91 Å². The Hall–Kier alpha value is -2.11. The summed E-state index contributed by atoms with van der Waals surface area (Å²) in [6.07, 6.45) is 68.8. The molecule has 0 spiro atoms. The molecule has 6 N–H and O–H groups in total. The van der Waals surface area contributed by atoms with E-state index < -0.39 is 49.5 Å². The minimum absolute atomic E-state index is 0.198. The van der Waals surface area contributed by atoms with Crippen LogP contribution in [-0.4, -0.2) is 87.5 Å². The van der Waals surface area contributed by atoms with E-state index in [4.69, 9.17) is 9.47 Å². The Bertz CT molecular complexity index is 1360. The van der Waals surface area contributed by atoms with Gasteiger partial charge >= 0.3 is 0 Å². The van der Waals surface area contributed by atoms with Crippen molar-refractivity contribution >= 4 is 5.91 Å². The molecule has 0 bridgehead atoms. The van der Waals surface area contributed by atoms with Crippen LogP contribution in [0.2, 0.25) is 0 Å². The van der Waals surface area contributed by atoms with Gasteiger partial charge in [0.15, 0.2) is 6.29 Å². The van der Waals surface area contributed by atoms with Gasteiger partial charge in [-0.1, -0.05) is 280 Å². The summed E-state index contributed by atoms with van der Waals surface area (Å²) in [4.78, 5) is 13.1. The minimum Gasteiger partial charge on any atom is -0.394 e. The number of unbranched alkanes of at least 4 members (excludes halogenated alkanes) is 37. The van der Waals surface area contributed by atoms with Gasteiger partial charge in [-0.05, 0) is 70.6 Å². The fourth-order valence-corrected chi connectivity index (χ4v) is 10.0. The third-order valence-corrected chi connectivity index (χ3v) is 15.1. The van der Waals surface area contributed by atoms with E-state index >= 15 is 0 Å². The van der Waals surface area contributed by atoms with Crippen molar-refractivity contribution in [1.82, 2.24) is 5.32 Å². The lowest BCUT2D eigenvalue weighted by molar-refractivity contribution is -0.302. The Labute approximate surface area is 462 Å². The number of aliphatic hydroxyl groups is 5. The molecule has 0 aromatic heterocycles. The summed E-state index contributed by atoms with van der Waals surface area (Å²) < 4.78 is 11.3. The number of ether oxygens (including phenoxy) is 2. The number of aliphatic hydroxyl groups excluding tert-OH is 5. The second-order valence-corrected chi connectivity index (χ2v) is 22.2. The first-order valence-electron chi connectivity index (χ1n) is 32.0. The summed E-state index contributed by atoms with van der Waals surface area (Å²) >= 11 is 0. The highest BCUT2D eigenvalue weighted by Gasteiger charge is 2.44. The summed E-state index contributed by atoms with van der Waals surface area (Å²) in [5.41, 5.74) is 0. The fourth-order valence-electron chi connectivity index (χ4n) is 10.0. The maximum atomic E-state index is 13.1. The van der Waals surface area contributed by atoms with Crippen LogP contribution in [0.4, 0.5) is 0 Å². The Morgan fingerprint density at radius 3 is 1.21 bits per heavy atom. The second-order valence-electron chi connectivity index (χ2n) is 22.2. The van der Waals surface area contributed by atoms with E-state index in [-0.39, 0.29) is 12.5 Å². The van der Waals surface area contributed by atoms with E-state index in [1.54, 1.807) is 6.08 Å². The first kappa shape index (κ1) is 70.9. The van der Waals surface area contributed by atoms with Gasteiger partial charge in [0.1, 0.15) is 24.4 Å². The SMILES string of the molecule is CCCCCCC/C=C\C/C=C\C/C=C\CCCCCCCCC(=O)NC(COC1OC(CO)C(O)C(O)C1O)C(O)/C=C/CC/C=C/CCCCCCCCCCCCCCCCCCCCCCCCCCC. The third kappa shape index (κ3) is 44.4. The van der Waals surface area contributed by atoms with Gasteiger partial charge in [0.25, 0.3) is 0 Å². The monoisotopic (exact) mass is 1060 g/mol. The Balaban J connectivity index is 2.20. The molecule has 1 aliphatic heterocycles. The summed E-state index contributed by atoms with van der Waals surface area (Å²) in [6, 6.07) is -0.833. The van der Waals surface area contributed by atoms with E-state index in [0.29, 0.717) is 6.42 Å². The van der Waals surface area contributed by atoms with Crippen LogP contribution in [-0.2, 0) is 14.3 Å². The predicted molar refractivity (Wildman–Crippen MR) is 318 cm³/mol. The standard InChI is InChI=1S/C66H121NO8/c1-3-5-7-9-11-13-15-17-19-21-23-25-26-27-28-29-30-31-32-33-34-36-37-39-41-43-45-47-49-51-53-55-60(69)59(58-74-66-65(73)64(72)63(71)61(57-68)75-66)67-62(70)56-54-52-50-48-46-44-42-40-38-35-24-22-20-18-16-14-12-10-8-6-4-2/h16,18,22,24,38,40,45,47,53,55,59-61,63-66,68-69,71-73H,3-15,17,19-21,23,25-37,39,41-44,46,48-52,54,56-58H2,1-2H3,(H,67,70)/b18-16-,24-22-,40-38-,47-45+,55-53+. The predicted octanol–water partition coefficient (Wildman–Crippen LogP) is 16.6. The highest BCUT2D eigenvalue weighted by atomic mass is 16.7. The molecular formula is C66H121NO8. The van der Waals surface area contributed by atoms with E-state index in [9.17, 15) is 30.3 Å². The average molecular weight is 1060 g/mol. The van der Waals surface area contributed by atoms with Crippen LogP contribution in [0.15, 0.2) is 60.8 Å². The Morgan fingerprint density at radius 1 is 0.453 bits per heavy atom. The molecule has 1 fully saturated rings. The first-order chi connectivity index (χ1) is 36.8. The number of allylic oxidation sites excluding steroid dienone is 9. The van der Waals surface area contributed by atoms with Crippen molar-refractivity contribution in [3.05, 3.63) is 60.8 Å². The van der Waals surface area contributed by atoms with Crippen LogP contribution in [0, 0.1) is 0 Å². The van der Waals surface area contributed by atoms with Crippen molar-refractivity contribution in [1.29, 1.82) is 0 Å². The van der Waals surface area contributed by atoms with Gasteiger partial charge in [0, 0.05) is 6.42 Å². The van der Waals surface area contributed by atoms with Crippen molar-refractivity contribution in [2.75, 3.05) is 13.2 Å². The molecular weight excluding hydrogens is 935 g/mol. The molecule has 0 radical (unpaired) electrons. The molecule has 7 unspecified atom stereocenters. The van der Waals surface area contributed by atoms with Crippen LogP contribution < -0.4 is 5.32 Å². The topological polar surface area (TPSA) is 149 Å². The highest BCUT2D eigenvalue weighted by molar-refractivity contribution is 5.76. The number of hydrogen-bond acceptors (Lipinski definition) is 8. The molecule has 7 atom stereocenters. The quantitative estimate of drug-likeness (QED) is 0.0261. The normalized spacial score (nSPS) is 19.3. The van der Waals surface area contributed by atoms with Gasteiger partial charge < -0.3 is 40.3 Å². The van der Waals surface area contributed by atoms with E-state index in [2.05, 4.69) is 67.8 Å². The maximum absolute atomic E-state index is 13.1. The molecule has 0 aromatic rings. The number of amides is 1. The van der Waals surface area contributed by atoms with Gasteiger partial charge in [-0.2, -0.15) is 0 Å². The molecule has 1 rings (SSSR count). The van der Waals surface area contributed by atoms with Crippen LogP contribution in [0.1, 0.15) is 296 Å². The zero-order valence-electron chi connectivity index (χ0n) is 48.8. The summed E-state index contributed by atoms with van der Waals surface area (Å²) in [7, 11) is 0. The molecule has 0 aliphatic carbocycles. The molecule has 1 heterocycles. The summed E-state index contributed by atoms with van der Waals surface area (Å²) in [5.74, 6) is -0.198. The maximum Gasteiger partial charge on any atom is 0.220 e. The van der Waals surface area contributed by atoms with Gasteiger partial charge in [-0.15, -0.1) is 0 Å². The molecule has 0 aromatic carbocycles. The van der Waals surface area contributed by atoms with E-state index in [0.717, 1.165) is 64.2 Å². The molecule has 0 saturated carbocycles. The molecule has 1 amide bonds. The molecule has 9 nitrogen and oxygen atoms in total. The highest BCUT2D eigenvalue weighted by Crippen LogP contribution is 2.23. The Morgan fingerprint density at radius 2 is 0.800 bits per heavy atom. The fraction of sp³-hybridized carbons (Fsp3) is 0.833. The number of carbonyl (C=O) groups excluding carboxylic acids is 1. The molecule has 9 heteroatoms. The van der Waals surface area contributed by atoms with E-state index in [1.165, 1.54) is 212 Å². The van der Waals surface area contributed by atoms with Crippen LogP contribution in [0.25, 0.3) is 0 Å². The summed E-state index contributed by atoms with van der Waals surface area (Å²) in [5, 5.41) is 54.6. The largest absolute Gasteiger partial charge is 0.394 e. The lowest BCUT2D eigenvalue weighted by atomic mass is 9.99. The van der Waals surface area contributed by atoms with Crippen LogP contribution >= 0.6 is 0 Å². The van der Waals surface area contributed by atoms with Gasteiger partial charge in [-0.3, -0.25) is 4.79 Å². The van der Waals surface area contributed by atoms with E-state index in [1.807, 2.05) is 6.08 Å². The van der Waals surface area contributed by atoms with Crippen molar-refractivity contribution in [3.8, 4) is 0 Å². The second kappa shape index (κ2) is 55.2. The molecule has 1 saturated heterocycles. The zero-order valence-corrected chi connectivity index (χ0v) is 48.8. The number of rotatable bonds is 55. The van der Waals surface area contributed by atoms with Crippen LogP contribution in [0.5, 0.6) is 0 Å². The summed E-state index contributed by atoms with van der Waals surface area (Å²) in [6.45, 7) is 3.77. The third-order valence-electron chi connectivity index (χ3n) is 15.1.